The summed E-state index contributed by atoms with van der Waals surface area (Å²) in [5.41, 5.74) is 0.321. The van der Waals surface area contributed by atoms with Gasteiger partial charge in [0.15, 0.2) is 0 Å². The second kappa shape index (κ2) is 12.4. The Bertz CT molecular complexity index is 552. The van der Waals surface area contributed by atoms with E-state index in [2.05, 4.69) is 0 Å². The number of carboxylic acids is 2. The number of carbonyl (C=O) groups excluding carboxylic acids is 2. The average Bonchev–Trinajstić information content (AvgIpc) is 2.49. The SMILES string of the molecule is N.N.O=C([O-])CC12CC3CC(CC(C3)C1)C2.O=C([O-])CC12CC3CC(CC(C3)C1)C2.[Cl-].[Cl-].[Pt+4]. The molecule has 8 saturated carbocycles. The van der Waals surface area contributed by atoms with Crippen LogP contribution in [0, 0.1) is 46.3 Å². The Morgan fingerprint density at radius 2 is 0.727 bits per heavy atom. The monoisotopic (exact) mass is 685 g/mol. The third-order valence-corrected chi connectivity index (χ3v) is 9.37. The van der Waals surface area contributed by atoms with Gasteiger partial charge in [-0.1, -0.05) is 0 Å². The molecule has 0 atom stereocenters. The van der Waals surface area contributed by atoms with Gasteiger partial charge in [-0.15, -0.1) is 0 Å². The second-order valence-electron chi connectivity index (χ2n) is 11.9. The molecule has 8 aliphatic carbocycles. The van der Waals surface area contributed by atoms with E-state index in [9.17, 15) is 19.8 Å². The molecule has 0 amide bonds. The standard InChI is InChI=1S/2C12H18O2.2ClH.2H3N.Pt/c2*13-11(14)7-12-4-8-1-9(5-12)3-10(2-8)6-12;;;;;/h2*8-10H,1-7H2,(H,13,14);2*1H;2*1H3;/q;;;;;;+4/p-4. The summed E-state index contributed by atoms with van der Waals surface area (Å²) >= 11 is 0. The first-order valence-electron chi connectivity index (χ1n) is 11.7. The Labute approximate surface area is 225 Å². The first-order valence-corrected chi connectivity index (χ1v) is 11.7. The minimum atomic E-state index is -0.827. The minimum absolute atomic E-state index is 0. The van der Waals surface area contributed by atoms with Gasteiger partial charge < -0.3 is 56.9 Å². The summed E-state index contributed by atoms with van der Waals surface area (Å²) in [7, 11) is 0. The fraction of sp³-hybridized carbons (Fsp3) is 0.917. The minimum Gasteiger partial charge on any atom is -1.00 e. The van der Waals surface area contributed by atoms with Crippen molar-refractivity contribution in [3.63, 3.8) is 0 Å². The molecule has 194 valence electrons. The molecule has 0 aliphatic heterocycles. The van der Waals surface area contributed by atoms with E-state index < -0.39 is 11.9 Å². The van der Waals surface area contributed by atoms with Gasteiger partial charge in [0.05, 0.1) is 0 Å². The van der Waals surface area contributed by atoms with Crippen LogP contribution >= 0.6 is 0 Å². The van der Waals surface area contributed by atoms with Crippen LogP contribution in [0.3, 0.4) is 0 Å². The molecule has 0 aromatic rings. The molecule has 0 spiro atoms. The Kier molecular flexibility index (Phi) is 12.4. The molecule has 0 saturated heterocycles. The molecule has 0 aromatic heterocycles. The van der Waals surface area contributed by atoms with Gasteiger partial charge in [-0.3, -0.25) is 0 Å². The molecule has 8 fully saturated rings. The summed E-state index contributed by atoms with van der Waals surface area (Å²) in [6.07, 6.45) is 16.0. The van der Waals surface area contributed by atoms with E-state index >= 15 is 0 Å². The number of carbonyl (C=O) groups is 2. The third-order valence-electron chi connectivity index (χ3n) is 9.37. The number of aliphatic carboxylic acids is 2. The van der Waals surface area contributed by atoms with E-state index in [0.717, 1.165) is 35.5 Å². The fourth-order valence-corrected chi connectivity index (χ4v) is 9.63. The second-order valence-corrected chi connectivity index (χ2v) is 11.9. The quantitative estimate of drug-likeness (QED) is 0.323. The van der Waals surface area contributed by atoms with E-state index in [-0.39, 0.29) is 69.0 Å². The van der Waals surface area contributed by atoms with Gasteiger partial charge in [0.25, 0.3) is 0 Å². The van der Waals surface area contributed by atoms with Crippen LogP contribution in [0.5, 0.6) is 0 Å². The van der Waals surface area contributed by atoms with Gasteiger partial charge in [-0.05, 0) is 136 Å². The molecule has 6 nitrogen and oxygen atoms in total. The number of hydrogen-bond acceptors (Lipinski definition) is 6. The molecule has 33 heavy (non-hydrogen) atoms. The molecule has 0 radical (unpaired) electrons. The van der Waals surface area contributed by atoms with Crippen molar-refractivity contribution in [2.24, 2.45) is 46.3 Å². The first-order chi connectivity index (χ1) is 13.3. The number of carboxylic acid groups (broad SMARTS) is 2. The van der Waals surface area contributed by atoms with Gasteiger partial charge in [-0.25, -0.2) is 0 Å². The molecule has 8 bridgehead atoms. The van der Waals surface area contributed by atoms with Gasteiger partial charge in [0, 0.05) is 11.9 Å². The summed E-state index contributed by atoms with van der Waals surface area (Å²) in [6, 6.07) is 0. The van der Waals surface area contributed by atoms with Crippen molar-refractivity contribution in [2.75, 3.05) is 0 Å². The van der Waals surface area contributed by atoms with Crippen LogP contribution in [0.15, 0.2) is 0 Å². The zero-order valence-corrected chi connectivity index (χ0v) is 23.3. The third kappa shape index (κ3) is 7.09. The van der Waals surface area contributed by atoms with Crippen molar-refractivity contribution in [2.45, 2.75) is 89.9 Å². The topological polar surface area (TPSA) is 150 Å². The summed E-state index contributed by atoms with van der Waals surface area (Å²) in [5.74, 6) is 3.43. The van der Waals surface area contributed by atoms with Crippen molar-refractivity contribution < 1.29 is 65.7 Å². The van der Waals surface area contributed by atoms with Crippen molar-refractivity contribution in [3.8, 4) is 0 Å². The smallest absolute Gasteiger partial charge is 1.00 e. The Balaban J connectivity index is 0.000000539. The zero-order chi connectivity index (χ0) is 19.5. The molecule has 0 unspecified atom stereocenters. The van der Waals surface area contributed by atoms with Crippen molar-refractivity contribution in [1.29, 1.82) is 0 Å². The van der Waals surface area contributed by atoms with E-state index in [0.29, 0.717) is 12.8 Å². The molecule has 9 heteroatoms. The largest absolute Gasteiger partial charge is 4.00 e. The van der Waals surface area contributed by atoms with Gasteiger partial charge >= 0.3 is 21.1 Å². The molecular formula is C24H40Cl2N2O4Pt. The van der Waals surface area contributed by atoms with Crippen molar-refractivity contribution in [3.05, 3.63) is 0 Å². The van der Waals surface area contributed by atoms with Crippen LogP contribution in [0.1, 0.15) is 89.9 Å². The van der Waals surface area contributed by atoms with Crippen LogP contribution in [-0.2, 0) is 30.7 Å². The summed E-state index contributed by atoms with van der Waals surface area (Å²) in [5, 5.41) is 21.5. The van der Waals surface area contributed by atoms with Gasteiger partial charge in [-0.2, -0.15) is 0 Å². The molecule has 6 N–H and O–H groups in total. The van der Waals surface area contributed by atoms with Crippen LogP contribution in [0.4, 0.5) is 0 Å². The Hall–Kier alpha value is 0.128. The van der Waals surface area contributed by atoms with Gasteiger partial charge in [0.2, 0.25) is 0 Å². The van der Waals surface area contributed by atoms with Crippen molar-refractivity contribution >= 4 is 11.9 Å². The summed E-state index contributed by atoms with van der Waals surface area (Å²) in [6.45, 7) is 0. The molecule has 0 aromatic carbocycles. The maximum atomic E-state index is 10.8. The summed E-state index contributed by atoms with van der Waals surface area (Å²) < 4.78 is 0. The maximum absolute atomic E-state index is 10.8. The summed E-state index contributed by atoms with van der Waals surface area (Å²) in [4.78, 5) is 21.5. The maximum Gasteiger partial charge on any atom is 4.00 e. The van der Waals surface area contributed by atoms with Crippen molar-refractivity contribution in [1.82, 2.24) is 12.3 Å². The Morgan fingerprint density at radius 3 is 0.879 bits per heavy atom. The van der Waals surface area contributed by atoms with Crippen LogP contribution < -0.4 is 47.3 Å². The molecule has 0 heterocycles. The fourth-order valence-electron chi connectivity index (χ4n) is 9.63. The molecule has 8 rings (SSSR count). The predicted octanol–water partition coefficient (Wildman–Crippen LogP) is -2.98. The first kappa shape index (κ1) is 33.1. The van der Waals surface area contributed by atoms with Crippen LogP contribution in [0.25, 0.3) is 0 Å². The van der Waals surface area contributed by atoms with E-state index in [1.165, 1.54) is 77.0 Å². The molecular weight excluding hydrogens is 646 g/mol. The molecule has 8 aliphatic rings. The number of rotatable bonds is 4. The predicted molar refractivity (Wildman–Crippen MR) is 111 cm³/mol. The van der Waals surface area contributed by atoms with E-state index in [4.69, 9.17) is 0 Å². The van der Waals surface area contributed by atoms with E-state index in [1.54, 1.807) is 0 Å². The average molecular weight is 687 g/mol. The van der Waals surface area contributed by atoms with E-state index in [1.807, 2.05) is 0 Å². The zero-order valence-electron chi connectivity index (χ0n) is 19.5. The normalized spacial score (nSPS) is 42.1. The number of halogens is 2. The Morgan fingerprint density at radius 1 is 0.545 bits per heavy atom. The van der Waals surface area contributed by atoms with Crippen LogP contribution in [-0.4, -0.2) is 11.9 Å². The van der Waals surface area contributed by atoms with Crippen LogP contribution in [0.2, 0.25) is 0 Å². The number of hydrogen-bond donors (Lipinski definition) is 2. The van der Waals surface area contributed by atoms with Gasteiger partial charge in [0.1, 0.15) is 0 Å².